The molecule has 23 heavy (non-hydrogen) atoms. The average molecular weight is 318 g/mol. The Kier molecular flexibility index (Phi) is 7.84. The van der Waals surface area contributed by atoms with Gasteiger partial charge in [-0.2, -0.15) is 0 Å². The largest absolute Gasteiger partial charge is 0.459 e. The molecule has 0 aromatic heterocycles. The molecule has 4 heteroatoms. The maximum absolute atomic E-state index is 11.3. The van der Waals surface area contributed by atoms with Crippen LogP contribution in [0.1, 0.15) is 37.7 Å². The van der Waals surface area contributed by atoms with Crippen molar-refractivity contribution in [2.24, 2.45) is 0 Å². The quantitative estimate of drug-likeness (QED) is 0.375. The Morgan fingerprint density at radius 1 is 1.26 bits per heavy atom. The lowest BCUT2D eigenvalue weighted by Gasteiger charge is -2.24. The first-order valence-corrected chi connectivity index (χ1v) is 8.29. The van der Waals surface area contributed by atoms with Gasteiger partial charge in [-0.05, 0) is 24.8 Å². The highest BCUT2D eigenvalue weighted by Crippen LogP contribution is 2.19. The first kappa shape index (κ1) is 17.7. The zero-order chi connectivity index (χ0) is 16.3. The van der Waals surface area contributed by atoms with E-state index in [1.807, 2.05) is 12.1 Å². The minimum atomic E-state index is -0.254. The molecular formula is C19H26O4. The van der Waals surface area contributed by atoms with Crippen LogP contribution in [0.3, 0.4) is 0 Å². The van der Waals surface area contributed by atoms with Crippen LogP contribution in [0.2, 0.25) is 0 Å². The molecule has 1 aromatic carbocycles. The predicted octanol–water partition coefficient (Wildman–Crippen LogP) is 3.65. The molecule has 2 atom stereocenters. The van der Waals surface area contributed by atoms with E-state index in [1.165, 1.54) is 11.6 Å². The van der Waals surface area contributed by atoms with Crippen molar-refractivity contribution in [1.82, 2.24) is 0 Å². The van der Waals surface area contributed by atoms with Crippen LogP contribution >= 0.6 is 0 Å². The van der Waals surface area contributed by atoms with E-state index in [4.69, 9.17) is 14.2 Å². The second-order valence-electron chi connectivity index (χ2n) is 5.86. The van der Waals surface area contributed by atoms with Gasteiger partial charge in [-0.3, -0.25) is 0 Å². The molecule has 0 fully saturated rings. The van der Waals surface area contributed by atoms with Gasteiger partial charge in [0.25, 0.3) is 0 Å². The van der Waals surface area contributed by atoms with Crippen LogP contribution in [-0.2, 0) is 25.4 Å². The molecule has 0 unspecified atom stereocenters. The summed E-state index contributed by atoms with van der Waals surface area (Å²) in [7, 11) is 1.62. The third kappa shape index (κ3) is 6.97. The fraction of sp³-hybridized carbons (Fsp3) is 0.526. The number of carbonyl (C=O) groups excluding carboxylic acids is 1. The molecule has 0 N–H and O–H groups in total. The Morgan fingerprint density at radius 3 is 2.83 bits per heavy atom. The number of rotatable bonds is 10. The molecule has 1 aliphatic heterocycles. The van der Waals surface area contributed by atoms with Crippen LogP contribution in [0, 0.1) is 0 Å². The van der Waals surface area contributed by atoms with E-state index in [0.29, 0.717) is 0 Å². The number of ether oxygens (including phenoxy) is 3. The monoisotopic (exact) mass is 318 g/mol. The van der Waals surface area contributed by atoms with E-state index in [-0.39, 0.29) is 25.0 Å². The first-order chi connectivity index (χ1) is 11.3. The maximum atomic E-state index is 11.3. The third-order valence-electron chi connectivity index (χ3n) is 3.97. The molecule has 0 amide bonds. The van der Waals surface area contributed by atoms with Gasteiger partial charge in [-0.25, -0.2) is 4.79 Å². The summed E-state index contributed by atoms with van der Waals surface area (Å²) in [5.41, 5.74) is 1.37. The molecule has 126 valence electrons. The van der Waals surface area contributed by atoms with Crippen LogP contribution < -0.4 is 0 Å². The van der Waals surface area contributed by atoms with Gasteiger partial charge in [0.15, 0.2) is 0 Å². The van der Waals surface area contributed by atoms with Gasteiger partial charge in [-0.1, -0.05) is 42.8 Å². The van der Waals surface area contributed by atoms with E-state index in [9.17, 15) is 4.79 Å². The Labute approximate surface area is 138 Å². The molecule has 0 radical (unpaired) electrons. The van der Waals surface area contributed by atoms with Gasteiger partial charge in [-0.15, -0.1) is 0 Å². The van der Waals surface area contributed by atoms with Crippen LogP contribution in [0.5, 0.6) is 0 Å². The minimum absolute atomic E-state index is 0.0648. The molecule has 1 aromatic rings. The number of hydrogen-bond donors (Lipinski definition) is 0. The Bertz CT molecular complexity index is 483. The zero-order valence-corrected chi connectivity index (χ0v) is 13.8. The normalized spacial score (nSPS) is 18.7. The number of aryl methyl sites for hydroxylation is 1. The maximum Gasteiger partial charge on any atom is 0.330 e. The Hall–Kier alpha value is -1.65. The summed E-state index contributed by atoms with van der Waals surface area (Å²) in [5, 5.41) is 0. The number of hydrogen-bond acceptors (Lipinski definition) is 4. The standard InChI is InChI=1S/C19H26O4/c1-21-15-22-17(14-18-12-7-13-19(20)23-18)11-6-5-10-16-8-3-2-4-9-16/h2-4,7-9,13,17-18H,5-6,10-12,14-15H2,1H3/t17-,18+/m1/s1. The fourth-order valence-corrected chi connectivity index (χ4v) is 2.78. The molecule has 0 spiro atoms. The molecular weight excluding hydrogens is 292 g/mol. The summed E-state index contributed by atoms with van der Waals surface area (Å²) in [6, 6.07) is 10.5. The number of esters is 1. The van der Waals surface area contributed by atoms with Crippen molar-refractivity contribution in [3.63, 3.8) is 0 Å². The molecule has 1 aliphatic rings. The number of unbranched alkanes of at least 4 members (excludes halogenated alkanes) is 1. The smallest absolute Gasteiger partial charge is 0.330 e. The summed E-state index contributed by atoms with van der Waals surface area (Å²) in [6.45, 7) is 0.278. The summed E-state index contributed by atoms with van der Waals surface area (Å²) < 4.78 is 16.1. The number of carbonyl (C=O) groups is 1. The van der Waals surface area contributed by atoms with Gasteiger partial charge in [0.1, 0.15) is 12.9 Å². The molecule has 0 saturated carbocycles. The molecule has 2 rings (SSSR count). The van der Waals surface area contributed by atoms with Crippen molar-refractivity contribution in [1.29, 1.82) is 0 Å². The third-order valence-corrected chi connectivity index (χ3v) is 3.97. The molecule has 0 bridgehead atoms. The summed E-state index contributed by atoms with van der Waals surface area (Å²) in [5.74, 6) is -0.254. The summed E-state index contributed by atoms with van der Waals surface area (Å²) in [4.78, 5) is 11.3. The molecule has 0 aliphatic carbocycles. The number of benzene rings is 1. The van der Waals surface area contributed by atoms with Gasteiger partial charge in [0.05, 0.1) is 6.10 Å². The first-order valence-electron chi connectivity index (χ1n) is 8.29. The summed E-state index contributed by atoms with van der Waals surface area (Å²) in [6.07, 6.45) is 9.08. The molecule has 1 heterocycles. The van der Waals surface area contributed by atoms with Crippen molar-refractivity contribution in [2.45, 2.75) is 50.7 Å². The second kappa shape index (κ2) is 10.2. The van der Waals surface area contributed by atoms with Gasteiger partial charge < -0.3 is 14.2 Å². The van der Waals surface area contributed by atoms with E-state index >= 15 is 0 Å². The van der Waals surface area contributed by atoms with E-state index in [1.54, 1.807) is 7.11 Å². The van der Waals surface area contributed by atoms with Crippen molar-refractivity contribution in [2.75, 3.05) is 13.9 Å². The van der Waals surface area contributed by atoms with Crippen LogP contribution in [0.4, 0.5) is 0 Å². The highest BCUT2D eigenvalue weighted by Gasteiger charge is 2.21. The second-order valence-corrected chi connectivity index (χ2v) is 5.86. The van der Waals surface area contributed by atoms with Crippen LogP contribution in [0.25, 0.3) is 0 Å². The van der Waals surface area contributed by atoms with Crippen LogP contribution in [0.15, 0.2) is 42.5 Å². The zero-order valence-electron chi connectivity index (χ0n) is 13.8. The lowest BCUT2D eigenvalue weighted by molar-refractivity contribution is -0.147. The lowest BCUT2D eigenvalue weighted by Crippen LogP contribution is -2.27. The number of cyclic esters (lactones) is 1. The van der Waals surface area contributed by atoms with E-state index < -0.39 is 0 Å². The SMILES string of the molecule is COCO[C@H](CCCCc1ccccc1)C[C@@H]1CC=CC(=O)O1. The van der Waals surface area contributed by atoms with Crippen molar-refractivity contribution < 1.29 is 19.0 Å². The van der Waals surface area contributed by atoms with Crippen molar-refractivity contribution in [3.05, 3.63) is 48.0 Å². The van der Waals surface area contributed by atoms with E-state index in [0.717, 1.165) is 38.5 Å². The van der Waals surface area contributed by atoms with Gasteiger partial charge in [0.2, 0.25) is 0 Å². The number of methoxy groups -OCH3 is 1. The molecule has 0 saturated heterocycles. The highest BCUT2D eigenvalue weighted by atomic mass is 16.7. The lowest BCUT2D eigenvalue weighted by atomic mass is 10.0. The highest BCUT2D eigenvalue weighted by molar-refractivity contribution is 5.82. The summed E-state index contributed by atoms with van der Waals surface area (Å²) >= 11 is 0. The minimum Gasteiger partial charge on any atom is -0.459 e. The average Bonchev–Trinajstić information content (AvgIpc) is 2.57. The fourth-order valence-electron chi connectivity index (χ4n) is 2.78. The Balaban J connectivity index is 1.72. The van der Waals surface area contributed by atoms with Crippen molar-refractivity contribution in [3.8, 4) is 0 Å². The van der Waals surface area contributed by atoms with E-state index in [2.05, 4.69) is 24.3 Å². The Morgan fingerprint density at radius 2 is 2.09 bits per heavy atom. The van der Waals surface area contributed by atoms with Gasteiger partial charge >= 0.3 is 5.97 Å². The molecule has 4 nitrogen and oxygen atoms in total. The van der Waals surface area contributed by atoms with Crippen LogP contribution in [-0.4, -0.2) is 32.1 Å². The van der Waals surface area contributed by atoms with Crippen molar-refractivity contribution >= 4 is 5.97 Å². The van der Waals surface area contributed by atoms with Gasteiger partial charge in [0, 0.05) is 26.0 Å². The predicted molar refractivity (Wildman–Crippen MR) is 89.0 cm³/mol. The topological polar surface area (TPSA) is 44.8 Å².